The van der Waals surface area contributed by atoms with Crippen molar-refractivity contribution in [1.29, 1.82) is 0 Å². The zero-order valence-electron chi connectivity index (χ0n) is 10.8. The number of carbonyl (C=O) groups excluding carboxylic acids is 1. The maximum atomic E-state index is 13.2. The lowest BCUT2D eigenvalue weighted by Crippen LogP contribution is -2.14. The first kappa shape index (κ1) is 14.9. The molecule has 0 aliphatic heterocycles. The third-order valence-corrected chi connectivity index (χ3v) is 2.88. The third-order valence-electron chi connectivity index (χ3n) is 2.88. The molecule has 110 valence electrons. The molecule has 2 heterocycles. The Kier molecular flexibility index (Phi) is 4.46. The molecule has 2 aromatic heterocycles. The molecular weight excluding hydrogens is 285 g/mol. The van der Waals surface area contributed by atoms with Crippen LogP contribution < -0.4 is 5.73 Å². The van der Waals surface area contributed by atoms with Crippen molar-refractivity contribution in [2.45, 2.75) is 20.0 Å². The Morgan fingerprint density at radius 2 is 1.90 bits per heavy atom. The van der Waals surface area contributed by atoms with Gasteiger partial charge in [-0.3, -0.25) is 9.78 Å². The number of primary amides is 1. The van der Waals surface area contributed by atoms with E-state index in [0.29, 0.717) is 0 Å². The van der Waals surface area contributed by atoms with Gasteiger partial charge in [-0.25, -0.2) is 23.1 Å². The van der Waals surface area contributed by atoms with E-state index in [-0.39, 0.29) is 33.9 Å². The van der Waals surface area contributed by atoms with Gasteiger partial charge in [0.15, 0.2) is 5.82 Å². The Hall–Kier alpha value is -2.51. The van der Waals surface area contributed by atoms with Crippen LogP contribution in [0.3, 0.4) is 0 Å². The van der Waals surface area contributed by atoms with Crippen LogP contribution in [0, 0.1) is 0 Å². The van der Waals surface area contributed by atoms with E-state index in [1.165, 1.54) is 12.3 Å². The topological polar surface area (TPSA) is 81.8 Å². The van der Waals surface area contributed by atoms with Gasteiger partial charge in [0.2, 0.25) is 0 Å². The van der Waals surface area contributed by atoms with E-state index in [1.807, 2.05) is 0 Å². The van der Waals surface area contributed by atoms with Crippen molar-refractivity contribution in [3.8, 4) is 11.4 Å². The molecule has 2 N–H and O–H groups in total. The van der Waals surface area contributed by atoms with Crippen LogP contribution in [-0.2, 0) is 20.0 Å². The molecule has 0 aromatic carbocycles. The van der Waals surface area contributed by atoms with Crippen LogP contribution in [0.25, 0.3) is 11.4 Å². The van der Waals surface area contributed by atoms with Crippen LogP contribution in [0.15, 0.2) is 18.5 Å². The van der Waals surface area contributed by atoms with E-state index in [4.69, 9.17) is 5.73 Å². The van der Waals surface area contributed by atoms with E-state index in [2.05, 4.69) is 15.0 Å². The maximum Gasteiger partial charge on any atom is 0.267 e. The van der Waals surface area contributed by atoms with Crippen molar-refractivity contribution in [3.05, 3.63) is 41.0 Å². The fraction of sp³-hybridized carbons (Fsp3) is 0.231. The van der Waals surface area contributed by atoms with Gasteiger partial charge in [0.1, 0.15) is 25.7 Å². The zero-order chi connectivity index (χ0) is 15.4. The molecule has 0 aliphatic carbocycles. The van der Waals surface area contributed by atoms with Crippen molar-refractivity contribution in [2.24, 2.45) is 5.73 Å². The Labute approximate surface area is 118 Å². The van der Waals surface area contributed by atoms with Crippen molar-refractivity contribution >= 4 is 5.91 Å². The van der Waals surface area contributed by atoms with Gasteiger partial charge < -0.3 is 5.73 Å². The normalized spacial score (nSPS) is 10.6. The number of pyridine rings is 1. The second-order valence-corrected chi connectivity index (χ2v) is 4.11. The van der Waals surface area contributed by atoms with Crippen LogP contribution in [0.1, 0.15) is 27.3 Å². The fourth-order valence-corrected chi connectivity index (χ4v) is 1.89. The number of nitrogens with two attached hydrogens (primary N) is 1. The highest BCUT2D eigenvalue weighted by molar-refractivity contribution is 5.91. The summed E-state index contributed by atoms with van der Waals surface area (Å²) < 4.78 is 39.2. The van der Waals surface area contributed by atoms with Crippen molar-refractivity contribution in [2.75, 3.05) is 0 Å². The van der Waals surface area contributed by atoms with E-state index < -0.39 is 25.9 Å². The molecule has 0 unspecified atom stereocenters. The lowest BCUT2D eigenvalue weighted by Gasteiger charge is -2.12. The summed E-state index contributed by atoms with van der Waals surface area (Å²) in [5.41, 5.74) is 4.74. The number of amides is 1. The molecule has 1 amide bonds. The van der Waals surface area contributed by atoms with E-state index in [0.717, 1.165) is 6.20 Å². The number of rotatable bonds is 5. The van der Waals surface area contributed by atoms with E-state index in [1.54, 1.807) is 0 Å². The summed E-state index contributed by atoms with van der Waals surface area (Å²) in [5, 5.41) is 0. The van der Waals surface area contributed by atoms with Gasteiger partial charge in [0, 0.05) is 29.1 Å². The van der Waals surface area contributed by atoms with Gasteiger partial charge in [-0.2, -0.15) is 0 Å². The van der Waals surface area contributed by atoms with Gasteiger partial charge in [-0.1, -0.05) is 0 Å². The Bertz CT molecular complexity index is 678. The molecule has 0 aliphatic rings. The van der Waals surface area contributed by atoms with Crippen LogP contribution in [0.4, 0.5) is 13.2 Å². The number of aromatic nitrogens is 3. The van der Waals surface area contributed by atoms with Gasteiger partial charge in [-0.05, 0) is 6.07 Å². The first-order valence-electron chi connectivity index (χ1n) is 5.93. The minimum atomic E-state index is -1.06. The number of hydrogen-bond donors (Lipinski definition) is 1. The van der Waals surface area contributed by atoms with Crippen molar-refractivity contribution in [1.82, 2.24) is 15.0 Å². The molecule has 8 heteroatoms. The highest BCUT2D eigenvalue weighted by atomic mass is 19.1. The van der Waals surface area contributed by atoms with Crippen molar-refractivity contribution in [3.63, 3.8) is 0 Å². The summed E-state index contributed by atoms with van der Waals surface area (Å²) in [5.74, 6) is -0.897. The average Bonchev–Trinajstić information content (AvgIpc) is 2.53. The molecule has 0 spiro atoms. The summed E-state index contributed by atoms with van der Waals surface area (Å²) in [4.78, 5) is 22.6. The minimum absolute atomic E-state index is 0.00532. The second kappa shape index (κ2) is 6.29. The minimum Gasteiger partial charge on any atom is -0.364 e. The average molecular weight is 296 g/mol. The summed E-state index contributed by atoms with van der Waals surface area (Å²) in [6, 6.07) is 1.27. The Balaban J connectivity index is 2.71. The van der Waals surface area contributed by atoms with Crippen molar-refractivity contribution < 1.29 is 18.0 Å². The summed E-state index contributed by atoms with van der Waals surface area (Å²) in [7, 11) is 0. The standard InChI is InChI=1S/C13H11F3N4O/c14-3-7-6-19-10(5-16)8(4-15)11(7)13-18-2-1-9(20-13)12(17)21/h1-2,6H,3-5H2,(H2,17,21). The third kappa shape index (κ3) is 2.83. The second-order valence-electron chi connectivity index (χ2n) is 4.11. The SMILES string of the molecule is NC(=O)c1ccnc(-c2c(CF)cnc(CF)c2CF)n1. The molecular formula is C13H11F3N4O. The highest BCUT2D eigenvalue weighted by Gasteiger charge is 2.19. The summed E-state index contributed by atoms with van der Waals surface area (Å²) >= 11 is 0. The summed E-state index contributed by atoms with van der Waals surface area (Å²) in [6.07, 6.45) is 2.34. The first-order valence-corrected chi connectivity index (χ1v) is 5.93. The monoisotopic (exact) mass is 296 g/mol. The lowest BCUT2D eigenvalue weighted by molar-refractivity contribution is 0.0995. The molecule has 0 atom stereocenters. The van der Waals surface area contributed by atoms with Gasteiger partial charge >= 0.3 is 0 Å². The van der Waals surface area contributed by atoms with E-state index in [9.17, 15) is 18.0 Å². The molecule has 0 saturated carbocycles. The highest BCUT2D eigenvalue weighted by Crippen LogP contribution is 2.28. The van der Waals surface area contributed by atoms with Gasteiger partial charge in [-0.15, -0.1) is 0 Å². The predicted molar refractivity (Wildman–Crippen MR) is 68.2 cm³/mol. The van der Waals surface area contributed by atoms with Crippen LogP contribution >= 0.6 is 0 Å². The molecule has 0 fully saturated rings. The predicted octanol–water partition coefficient (Wildman–Crippen LogP) is 2.05. The fourth-order valence-electron chi connectivity index (χ4n) is 1.89. The molecule has 2 rings (SSSR count). The van der Waals surface area contributed by atoms with Gasteiger partial charge in [0.05, 0.1) is 5.69 Å². The number of alkyl halides is 3. The Morgan fingerprint density at radius 3 is 2.48 bits per heavy atom. The number of nitrogens with zero attached hydrogens (tertiary/aromatic N) is 3. The largest absolute Gasteiger partial charge is 0.364 e. The Morgan fingerprint density at radius 1 is 1.14 bits per heavy atom. The molecule has 5 nitrogen and oxygen atoms in total. The quantitative estimate of drug-likeness (QED) is 0.915. The van der Waals surface area contributed by atoms with Crippen LogP contribution in [0.2, 0.25) is 0 Å². The zero-order valence-corrected chi connectivity index (χ0v) is 10.8. The van der Waals surface area contributed by atoms with E-state index >= 15 is 0 Å². The maximum absolute atomic E-state index is 13.2. The van der Waals surface area contributed by atoms with Crippen LogP contribution in [-0.4, -0.2) is 20.9 Å². The molecule has 2 aromatic rings. The number of carbonyl (C=O) groups is 1. The molecule has 0 radical (unpaired) electrons. The smallest absolute Gasteiger partial charge is 0.267 e. The lowest BCUT2D eigenvalue weighted by atomic mass is 10.0. The van der Waals surface area contributed by atoms with Gasteiger partial charge in [0.25, 0.3) is 5.91 Å². The summed E-state index contributed by atoms with van der Waals surface area (Å²) in [6.45, 7) is -3.01. The molecule has 0 bridgehead atoms. The number of halogens is 3. The molecule has 0 saturated heterocycles. The number of hydrogen-bond acceptors (Lipinski definition) is 4. The molecule has 21 heavy (non-hydrogen) atoms. The van der Waals surface area contributed by atoms with Crippen LogP contribution in [0.5, 0.6) is 0 Å². The first-order chi connectivity index (χ1) is 10.1.